The van der Waals surface area contributed by atoms with E-state index in [-0.39, 0.29) is 11.8 Å². The summed E-state index contributed by atoms with van der Waals surface area (Å²) in [6, 6.07) is 23.1. The highest BCUT2D eigenvalue weighted by Gasteiger charge is 2.20. The van der Waals surface area contributed by atoms with E-state index in [9.17, 15) is 9.90 Å². The van der Waals surface area contributed by atoms with Gasteiger partial charge in [-0.15, -0.1) is 0 Å². The van der Waals surface area contributed by atoms with Gasteiger partial charge in [0.2, 0.25) is 0 Å². The second kappa shape index (κ2) is 9.08. The average molecular weight is 427 g/mol. The van der Waals surface area contributed by atoms with Crippen LogP contribution in [0.15, 0.2) is 77.8 Å². The van der Waals surface area contributed by atoms with Crippen molar-refractivity contribution in [3.05, 3.63) is 95.1 Å². The van der Waals surface area contributed by atoms with Gasteiger partial charge in [-0.2, -0.15) is 0 Å². The lowest BCUT2D eigenvalue weighted by Gasteiger charge is -2.10. The molecule has 0 fully saturated rings. The molecule has 0 radical (unpaired) electrons. The summed E-state index contributed by atoms with van der Waals surface area (Å²) in [6.07, 6.45) is 0. The molecule has 0 atom stereocenters. The number of H-pyrrole nitrogens is 1. The highest BCUT2D eigenvalue weighted by Crippen LogP contribution is 2.32. The van der Waals surface area contributed by atoms with E-state index < -0.39 is 0 Å². The summed E-state index contributed by atoms with van der Waals surface area (Å²) in [7, 11) is 5.66. The van der Waals surface area contributed by atoms with Crippen LogP contribution in [0.2, 0.25) is 0 Å². The van der Waals surface area contributed by atoms with Gasteiger partial charge in [-0.05, 0) is 50.0 Å². The number of aromatic amines is 1. The van der Waals surface area contributed by atoms with Gasteiger partial charge in [0.05, 0.1) is 17.0 Å². The first-order valence-electron chi connectivity index (χ1n) is 10.4. The molecule has 1 heterocycles. The molecule has 32 heavy (non-hydrogen) atoms. The van der Waals surface area contributed by atoms with Crippen molar-refractivity contribution in [3.8, 4) is 5.88 Å². The van der Waals surface area contributed by atoms with E-state index in [2.05, 4.69) is 27.3 Å². The topological polar surface area (TPSA) is 80.7 Å². The van der Waals surface area contributed by atoms with Crippen LogP contribution in [0.25, 0.3) is 10.9 Å². The normalized spacial score (nSPS) is 11.8. The molecule has 162 valence electrons. The van der Waals surface area contributed by atoms with Crippen LogP contribution in [-0.2, 0) is 6.54 Å². The Morgan fingerprint density at radius 2 is 1.72 bits per heavy atom. The number of hydrogen-bond donors (Lipinski definition) is 3. The molecule has 6 nitrogen and oxygen atoms in total. The van der Waals surface area contributed by atoms with E-state index in [1.54, 1.807) is 25.2 Å². The fourth-order valence-corrected chi connectivity index (χ4v) is 3.73. The molecule has 4 aromatic rings. The lowest BCUT2D eigenvalue weighted by molar-refractivity contribution is 0.0963. The number of nitrogens with one attached hydrogen (secondary N) is 2. The minimum absolute atomic E-state index is 0.0147. The molecule has 0 spiro atoms. The largest absolute Gasteiger partial charge is 0.494 e. The standard InChI is InChI=1S/C26H26N4O2/c1-27-25(31)19-11-14-22-21(15-19)23(26(32)29-22)24(18-7-5-4-6-8-18)28-20-12-9-17(10-13-20)16-30(2)3/h4-15,29,32H,16H2,1-3H3,(H,27,31). The van der Waals surface area contributed by atoms with Crippen LogP contribution < -0.4 is 5.32 Å². The summed E-state index contributed by atoms with van der Waals surface area (Å²) in [5.41, 5.74) is 5.28. The number of hydrogen-bond acceptors (Lipinski definition) is 4. The van der Waals surface area contributed by atoms with Gasteiger partial charge >= 0.3 is 0 Å². The zero-order chi connectivity index (χ0) is 22.7. The molecular formula is C26H26N4O2. The molecule has 0 saturated heterocycles. The Bertz CT molecular complexity index is 1270. The highest BCUT2D eigenvalue weighted by molar-refractivity contribution is 6.22. The number of carbonyl (C=O) groups is 1. The highest BCUT2D eigenvalue weighted by atomic mass is 16.3. The van der Waals surface area contributed by atoms with Crippen LogP contribution in [0.4, 0.5) is 5.69 Å². The third-order valence-electron chi connectivity index (χ3n) is 5.23. The molecule has 4 rings (SSSR count). The lowest BCUT2D eigenvalue weighted by atomic mass is 9.99. The minimum atomic E-state index is -0.187. The molecular weight excluding hydrogens is 400 g/mol. The maximum absolute atomic E-state index is 12.2. The minimum Gasteiger partial charge on any atom is -0.494 e. The van der Waals surface area contributed by atoms with Crippen molar-refractivity contribution in [2.75, 3.05) is 21.1 Å². The Morgan fingerprint density at radius 1 is 1.00 bits per heavy atom. The van der Waals surface area contributed by atoms with E-state index >= 15 is 0 Å². The zero-order valence-electron chi connectivity index (χ0n) is 18.4. The van der Waals surface area contributed by atoms with E-state index in [0.717, 1.165) is 28.7 Å². The van der Waals surface area contributed by atoms with Crippen molar-refractivity contribution in [2.45, 2.75) is 6.54 Å². The number of amides is 1. The van der Waals surface area contributed by atoms with Gasteiger partial charge in [0.15, 0.2) is 5.88 Å². The van der Waals surface area contributed by atoms with Gasteiger partial charge in [0.25, 0.3) is 5.91 Å². The molecule has 0 saturated carbocycles. The number of carbonyl (C=O) groups excluding carboxylic acids is 1. The van der Waals surface area contributed by atoms with Gasteiger partial charge < -0.3 is 20.3 Å². The molecule has 3 aromatic carbocycles. The first kappa shape index (κ1) is 21.3. The molecule has 6 heteroatoms. The summed E-state index contributed by atoms with van der Waals surface area (Å²) < 4.78 is 0. The number of benzene rings is 3. The average Bonchev–Trinajstić information content (AvgIpc) is 3.13. The quantitative estimate of drug-likeness (QED) is 0.398. The van der Waals surface area contributed by atoms with E-state index in [4.69, 9.17) is 4.99 Å². The smallest absolute Gasteiger partial charge is 0.251 e. The lowest BCUT2D eigenvalue weighted by Crippen LogP contribution is -2.17. The van der Waals surface area contributed by atoms with E-state index in [1.165, 1.54) is 5.56 Å². The molecule has 0 unspecified atom stereocenters. The van der Waals surface area contributed by atoms with Crippen LogP contribution in [0, 0.1) is 0 Å². The Morgan fingerprint density at radius 3 is 2.38 bits per heavy atom. The summed E-state index contributed by atoms with van der Waals surface area (Å²) in [4.78, 5) is 22.2. The molecule has 1 amide bonds. The predicted molar refractivity (Wildman–Crippen MR) is 129 cm³/mol. The Hall–Kier alpha value is -3.90. The summed E-state index contributed by atoms with van der Waals surface area (Å²) in [6.45, 7) is 0.848. The molecule has 0 aliphatic rings. The Kier molecular flexibility index (Phi) is 6.05. The van der Waals surface area contributed by atoms with Crippen molar-refractivity contribution < 1.29 is 9.90 Å². The summed E-state index contributed by atoms with van der Waals surface area (Å²) >= 11 is 0. The Balaban J connectivity index is 1.88. The third kappa shape index (κ3) is 4.40. The predicted octanol–water partition coefficient (Wildman–Crippen LogP) is 4.46. The number of aromatic nitrogens is 1. The summed E-state index contributed by atoms with van der Waals surface area (Å²) in [5.74, 6) is -0.172. The molecule has 1 aromatic heterocycles. The first-order chi connectivity index (χ1) is 15.5. The van der Waals surface area contributed by atoms with Crippen molar-refractivity contribution >= 4 is 28.2 Å². The van der Waals surface area contributed by atoms with E-state index in [0.29, 0.717) is 16.8 Å². The van der Waals surface area contributed by atoms with Crippen LogP contribution in [0.5, 0.6) is 5.88 Å². The number of nitrogens with zero attached hydrogens (tertiary/aromatic N) is 2. The fourth-order valence-electron chi connectivity index (χ4n) is 3.73. The Labute approximate surface area is 187 Å². The van der Waals surface area contributed by atoms with Gasteiger partial charge in [0.1, 0.15) is 0 Å². The number of rotatable bonds is 6. The second-order valence-corrected chi connectivity index (χ2v) is 7.92. The van der Waals surface area contributed by atoms with E-state index in [1.807, 2.05) is 56.6 Å². The van der Waals surface area contributed by atoms with Crippen molar-refractivity contribution in [2.24, 2.45) is 4.99 Å². The van der Waals surface area contributed by atoms with Gasteiger partial charge in [-0.25, -0.2) is 4.99 Å². The summed E-state index contributed by atoms with van der Waals surface area (Å²) in [5, 5.41) is 14.2. The molecule has 0 aliphatic carbocycles. The van der Waals surface area contributed by atoms with Crippen molar-refractivity contribution in [1.29, 1.82) is 0 Å². The molecule has 3 N–H and O–H groups in total. The number of fused-ring (bicyclic) bond motifs is 1. The van der Waals surface area contributed by atoms with Crippen LogP contribution in [-0.4, -0.2) is 47.8 Å². The van der Waals surface area contributed by atoms with Crippen LogP contribution in [0.3, 0.4) is 0 Å². The maximum atomic E-state index is 12.2. The monoisotopic (exact) mass is 426 g/mol. The van der Waals surface area contributed by atoms with Crippen LogP contribution >= 0.6 is 0 Å². The first-order valence-corrected chi connectivity index (χ1v) is 10.4. The molecule has 0 bridgehead atoms. The second-order valence-electron chi connectivity index (χ2n) is 7.92. The number of aromatic hydroxyl groups is 1. The zero-order valence-corrected chi connectivity index (χ0v) is 18.4. The van der Waals surface area contributed by atoms with Crippen molar-refractivity contribution in [1.82, 2.24) is 15.2 Å². The number of aliphatic imine (C=N–C) groups is 1. The van der Waals surface area contributed by atoms with Crippen molar-refractivity contribution in [3.63, 3.8) is 0 Å². The maximum Gasteiger partial charge on any atom is 0.251 e. The SMILES string of the molecule is CNC(=O)c1ccc2[nH]c(O)c(C(=Nc3ccc(CN(C)C)cc3)c3ccccc3)c2c1. The molecule has 0 aliphatic heterocycles. The van der Waals surface area contributed by atoms with Gasteiger partial charge in [0, 0.05) is 35.6 Å². The van der Waals surface area contributed by atoms with Crippen LogP contribution in [0.1, 0.15) is 27.0 Å². The third-order valence-corrected chi connectivity index (χ3v) is 5.23. The van der Waals surface area contributed by atoms with Gasteiger partial charge in [-0.1, -0.05) is 42.5 Å². The fraction of sp³-hybridized carbons (Fsp3) is 0.154. The van der Waals surface area contributed by atoms with Gasteiger partial charge in [-0.3, -0.25) is 4.79 Å².